The summed E-state index contributed by atoms with van der Waals surface area (Å²) in [4.78, 5) is 11.7. The summed E-state index contributed by atoms with van der Waals surface area (Å²) in [6, 6.07) is 0.409. The van der Waals surface area contributed by atoms with E-state index in [4.69, 9.17) is 0 Å². The first kappa shape index (κ1) is 13.3. The summed E-state index contributed by atoms with van der Waals surface area (Å²) in [5.41, 5.74) is 0.198. The number of rotatable bonds is 4. The van der Waals surface area contributed by atoms with Crippen molar-refractivity contribution in [3.63, 3.8) is 0 Å². The largest absolute Gasteiger partial charge is 0.338 e. The van der Waals surface area contributed by atoms with Gasteiger partial charge in [0.15, 0.2) is 0 Å². The molecule has 1 saturated carbocycles. The van der Waals surface area contributed by atoms with Crippen molar-refractivity contribution < 1.29 is 4.79 Å². The normalized spacial score (nSPS) is 18.2. The number of nitrogens with one attached hydrogen (secondary N) is 2. The Labute approximate surface area is 99.4 Å². The van der Waals surface area contributed by atoms with Crippen molar-refractivity contribution in [1.82, 2.24) is 10.6 Å². The summed E-state index contributed by atoms with van der Waals surface area (Å²) in [7, 11) is 0. The lowest BCUT2D eigenvalue weighted by atomic mass is 9.90. The molecule has 3 nitrogen and oxygen atoms in total. The van der Waals surface area contributed by atoms with E-state index in [1.807, 2.05) is 0 Å². The Morgan fingerprint density at radius 2 is 1.88 bits per heavy atom. The van der Waals surface area contributed by atoms with Crippen molar-refractivity contribution in [1.29, 1.82) is 0 Å². The van der Waals surface area contributed by atoms with Gasteiger partial charge in [-0.05, 0) is 24.7 Å². The van der Waals surface area contributed by atoms with E-state index in [9.17, 15) is 4.79 Å². The van der Waals surface area contributed by atoms with Crippen LogP contribution in [-0.4, -0.2) is 18.6 Å². The fourth-order valence-electron chi connectivity index (χ4n) is 1.93. The zero-order valence-electron chi connectivity index (χ0n) is 10.9. The Balaban J connectivity index is 2.19. The molecule has 0 spiro atoms. The predicted octanol–water partition coefficient (Wildman–Crippen LogP) is 3.05. The van der Waals surface area contributed by atoms with Gasteiger partial charge in [0.1, 0.15) is 0 Å². The Kier molecular flexibility index (Phi) is 5.10. The van der Waals surface area contributed by atoms with Gasteiger partial charge < -0.3 is 10.6 Å². The molecular weight excluding hydrogens is 200 g/mol. The van der Waals surface area contributed by atoms with Gasteiger partial charge in [-0.15, -0.1) is 0 Å². The minimum absolute atomic E-state index is 0.00780. The van der Waals surface area contributed by atoms with Crippen LogP contribution >= 0.6 is 0 Å². The van der Waals surface area contributed by atoms with Crippen LogP contribution in [0.3, 0.4) is 0 Å². The summed E-state index contributed by atoms with van der Waals surface area (Å²) in [6.45, 7) is 7.25. The summed E-state index contributed by atoms with van der Waals surface area (Å²) in [5.74, 6) is 0. The highest BCUT2D eigenvalue weighted by molar-refractivity contribution is 5.74. The maximum atomic E-state index is 11.7. The summed E-state index contributed by atoms with van der Waals surface area (Å²) >= 11 is 0. The van der Waals surface area contributed by atoms with Gasteiger partial charge in [-0.1, -0.05) is 40.0 Å². The highest BCUT2D eigenvalue weighted by atomic mass is 16.2. The number of urea groups is 1. The quantitative estimate of drug-likeness (QED) is 0.760. The van der Waals surface area contributed by atoms with Crippen LogP contribution in [0, 0.1) is 5.41 Å². The first-order chi connectivity index (χ1) is 7.53. The van der Waals surface area contributed by atoms with E-state index in [2.05, 4.69) is 31.4 Å². The van der Waals surface area contributed by atoms with Gasteiger partial charge in [-0.25, -0.2) is 4.79 Å². The van der Waals surface area contributed by atoms with E-state index < -0.39 is 0 Å². The third-order valence-corrected chi connectivity index (χ3v) is 3.62. The zero-order chi connectivity index (χ0) is 12.0. The van der Waals surface area contributed by atoms with Crippen LogP contribution in [0.5, 0.6) is 0 Å². The first-order valence-electron chi connectivity index (χ1n) is 6.58. The van der Waals surface area contributed by atoms with Crippen LogP contribution in [0.1, 0.15) is 59.3 Å². The fraction of sp³-hybridized carbons (Fsp3) is 0.923. The van der Waals surface area contributed by atoms with Gasteiger partial charge in [0, 0.05) is 12.6 Å². The molecule has 1 aliphatic rings. The third-order valence-electron chi connectivity index (χ3n) is 3.62. The molecule has 94 valence electrons. The second-order valence-corrected chi connectivity index (χ2v) is 5.68. The molecule has 0 bridgehead atoms. The van der Waals surface area contributed by atoms with E-state index in [1.165, 1.54) is 19.3 Å². The van der Waals surface area contributed by atoms with Crippen LogP contribution in [0.15, 0.2) is 0 Å². The van der Waals surface area contributed by atoms with Gasteiger partial charge in [0.25, 0.3) is 0 Å². The number of carbonyl (C=O) groups is 1. The maximum Gasteiger partial charge on any atom is 0.315 e. The lowest BCUT2D eigenvalue weighted by Crippen LogP contribution is -2.45. The van der Waals surface area contributed by atoms with E-state index in [-0.39, 0.29) is 11.4 Å². The van der Waals surface area contributed by atoms with E-state index in [1.54, 1.807) is 0 Å². The molecule has 2 amide bonds. The monoisotopic (exact) mass is 226 g/mol. The molecule has 0 aromatic carbocycles. The molecule has 2 N–H and O–H groups in total. The SMILES string of the molecule is CCC(C)(C)CNC(=O)NC1CCCCC1. The minimum atomic E-state index is 0.00780. The smallest absolute Gasteiger partial charge is 0.315 e. The van der Waals surface area contributed by atoms with Crippen molar-refractivity contribution in [2.75, 3.05) is 6.54 Å². The van der Waals surface area contributed by atoms with Gasteiger partial charge in [-0.2, -0.15) is 0 Å². The molecule has 1 fully saturated rings. The van der Waals surface area contributed by atoms with Crippen LogP contribution in [0.4, 0.5) is 4.79 Å². The van der Waals surface area contributed by atoms with Gasteiger partial charge in [-0.3, -0.25) is 0 Å². The summed E-state index contributed by atoms with van der Waals surface area (Å²) in [5, 5.41) is 6.04. The Bertz CT molecular complexity index is 220. The van der Waals surface area contributed by atoms with E-state index >= 15 is 0 Å². The summed E-state index contributed by atoms with van der Waals surface area (Å²) < 4.78 is 0. The van der Waals surface area contributed by atoms with Gasteiger partial charge in [0.2, 0.25) is 0 Å². The van der Waals surface area contributed by atoms with Crippen LogP contribution in [-0.2, 0) is 0 Å². The summed E-state index contributed by atoms with van der Waals surface area (Å²) in [6.07, 6.45) is 7.20. The molecule has 0 aromatic heterocycles. The standard InChI is InChI=1S/C13H26N2O/c1-4-13(2,3)10-14-12(16)15-11-8-6-5-7-9-11/h11H,4-10H2,1-3H3,(H2,14,15,16). The molecule has 0 saturated heterocycles. The van der Waals surface area contributed by atoms with Crippen molar-refractivity contribution in [3.05, 3.63) is 0 Å². The number of carbonyl (C=O) groups excluding carboxylic acids is 1. The Hall–Kier alpha value is -0.730. The highest BCUT2D eigenvalue weighted by Crippen LogP contribution is 2.18. The van der Waals surface area contributed by atoms with Crippen molar-refractivity contribution in [2.45, 2.75) is 65.3 Å². The first-order valence-corrected chi connectivity index (χ1v) is 6.58. The van der Waals surface area contributed by atoms with Crippen molar-refractivity contribution in [3.8, 4) is 0 Å². The second kappa shape index (κ2) is 6.12. The van der Waals surface area contributed by atoms with E-state index in [0.717, 1.165) is 25.8 Å². The minimum Gasteiger partial charge on any atom is -0.338 e. The zero-order valence-corrected chi connectivity index (χ0v) is 10.9. The van der Waals surface area contributed by atoms with Crippen molar-refractivity contribution >= 4 is 6.03 Å². The number of hydrogen-bond donors (Lipinski definition) is 2. The van der Waals surface area contributed by atoms with Crippen LogP contribution in [0.2, 0.25) is 0 Å². The lowest BCUT2D eigenvalue weighted by molar-refractivity contribution is 0.225. The molecule has 0 radical (unpaired) electrons. The maximum absolute atomic E-state index is 11.7. The average molecular weight is 226 g/mol. The number of hydrogen-bond acceptors (Lipinski definition) is 1. The topological polar surface area (TPSA) is 41.1 Å². The molecule has 1 rings (SSSR count). The Morgan fingerprint density at radius 3 is 2.44 bits per heavy atom. The fourth-order valence-corrected chi connectivity index (χ4v) is 1.93. The highest BCUT2D eigenvalue weighted by Gasteiger charge is 2.18. The van der Waals surface area contributed by atoms with Gasteiger partial charge >= 0.3 is 6.03 Å². The predicted molar refractivity (Wildman–Crippen MR) is 67.5 cm³/mol. The van der Waals surface area contributed by atoms with Gasteiger partial charge in [0.05, 0.1) is 0 Å². The molecule has 0 aliphatic heterocycles. The van der Waals surface area contributed by atoms with E-state index in [0.29, 0.717) is 6.04 Å². The lowest BCUT2D eigenvalue weighted by Gasteiger charge is -2.26. The molecule has 0 aromatic rings. The van der Waals surface area contributed by atoms with Crippen molar-refractivity contribution in [2.24, 2.45) is 5.41 Å². The molecule has 1 aliphatic carbocycles. The Morgan fingerprint density at radius 1 is 1.25 bits per heavy atom. The second-order valence-electron chi connectivity index (χ2n) is 5.68. The molecular formula is C13H26N2O. The van der Waals surface area contributed by atoms with Crippen LogP contribution in [0.25, 0.3) is 0 Å². The number of amides is 2. The molecule has 0 heterocycles. The molecule has 0 unspecified atom stereocenters. The molecule has 16 heavy (non-hydrogen) atoms. The average Bonchev–Trinajstić information content (AvgIpc) is 2.28. The molecule has 3 heteroatoms. The third kappa shape index (κ3) is 4.86. The van der Waals surface area contributed by atoms with Crippen LogP contribution < -0.4 is 10.6 Å². The molecule has 0 atom stereocenters.